The number of aromatic amines is 1. The molecule has 0 saturated carbocycles. The van der Waals surface area contributed by atoms with Gasteiger partial charge in [-0.2, -0.15) is 0 Å². The van der Waals surface area contributed by atoms with Crippen molar-refractivity contribution in [2.75, 3.05) is 40.4 Å². The molecule has 1 aliphatic heterocycles. The second-order valence-electron chi connectivity index (χ2n) is 7.34. The standard InChI is InChI=1S/C23H25N3O4/c1-29-18-5-3-4-16(12-18)13-22(27)25-8-10-26(11-9-25)23(28)21-15-17-14-19(30-2)6-7-20(17)24-21/h3-7,12,14-15,24H,8-11,13H2,1-2H3. The number of aromatic nitrogens is 1. The maximum absolute atomic E-state index is 12.9. The summed E-state index contributed by atoms with van der Waals surface area (Å²) in [4.78, 5) is 32.4. The molecule has 1 fully saturated rings. The van der Waals surface area contributed by atoms with Gasteiger partial charge in [-0.3, -0.25) is 9.59 Å². The van der Waals surface area contributed by atoms with E-state index >= 15 is 0 Å². The first-order chi connectivity index (χ1) is 14.6. The third-order valence-electron chi connectivity index (χ3n) is 5.47. The van der Waals surface area contributed by atoms with Gasteiger partial charge in [0.1, 0.15) is 17.2 Å². The van der Waals surface area contributed by atoms with Crippen molar-refractivity contribution < 1.29 is 19.1 Å². The Labute approximate surface area is 175 Å². The number of amides is 2. The van der Waals surface area contributed by atoms with Crippen LogP contribution in [0.4, 0.5) is 0 Å². The number of fused-ring (bicyclic) bond motifs is 1. The lowest BCUT2D eigenvalue weighted by atomic mass is 10.1. The topological polar surface area (TPSA) is 74.9 Å². The highest BCUT2D eigenvalue weighted by Crippen LogP contribution is 2.22. The first kappa shape index (κ1) is 19.8. The number of piperazine rings is 1. The van der Waals surface area contributed by atoms with Crippen LogP contribution in [0, 0.1) is 0 Å². The number of carbonyl (C=O) groups is 2. The van der Waals surface area contributed by atoms with Gasteiger partial charge in [-0.1, -0.05) is 12.1 Å². The van der Waals surface area contributed by atoms with Gasteiger partial charge in [-0.05, 0) is 42.0 Å². The van der Waals surface area contributed by atoms with Crippen LogP contribution in [-0.4, -0.2) is 67.0 Å². The number of nitrogens with one attached hydrogen (secondary N) is 1. The second kappa shape index (κ2) is 8.49. The zero-order valence-corrected chi connectivity index (χ0v) is 17.2. The van der Waals surface area contributed by atoms with Gasteiger partial charge < -0.3 is 24.3 Å². The minimum atomic E-state index is -0.0509. The number of methoxy groups -OCH3 is 2. The smallest absolute Gasteiger partial charge is 0.270 e. The molecule has 1 aromatic heterocycles. The first-order valence-electron chi connectivity index (χ1n) is 9.94. The fraction of sp³-hybridized carbons (Fsp3) is 0.304. The highest BCUT2D eigenvalue weighted by molar-refractivity contribution is 5.98. The van der Waals surface area contributed by atoms with E-state index in [4.69, 9.17) is 9.47 Å². The van der Waals surface area contributed by atoms with Crippen molar-refractivity contribution in [2.45, 2.75) is 6.42 Å². The van der Waals surface area contributed by atoms with Crippen molar-refractivity contribution in [2.24, 2.45) is 0 Å². The van der Waals surface area contributed by atoms with Gasteiger partial charge in [0.05, 0.1) is 20.6 Å². The molecule has 0 spiro atoms. The van der Waals surface area contributed by atoms with E-state index in [9.17, 15) is 9.59 Å². The minimum absolute atomic E-state index is 0.0509. The van der Waals surface area contributed by atoms with Gasteiger partial charge in [0.25, 0.3) is 5.91 Å². The molecule has 3 aromatic rings. The van der Waals surface area contributed by atoms with E-state index < -0.39 is 0 Å². The molecule has 0 radical (unpaired) electrons. The Kier molecular flexibility index (Phi) is 5.61. The first-order valence-corrected chi connectivity index (χ1v) is 9.94. The number of benzene rings is 2. The molecule has 30 heavy (non-hydrogen) atoms. The Morgan fingerprint density at radius 1 is 0.900 bits per heavy atom. The van der Waals surface area contributed by atoms with Crippen molar-refractivity contribution in [1.82, 2.24) is 14.8 Å². The van der Waals surface area contributed by atoms with Gasteiger partial charge in [0.2, 0.25) is 5.91 Å². The van der Waals surface area contributed by atoms with Crippen LogP contribution in [-0.2, 0) is 11.2 Å². The summed E-state index contributed by atoms with van der Waals surface area (Å²) in [5, 5.41) is 0.935. The Morgan fingerprint density at radius 3 is 2.33 bits per heavy atom. The van der Waals surface area contributed by atoms with E-state index in [1.807, 2.05) is 53.4 Å². The van der Waals surface area contributed by atoms with Crippen LogP contribution in [0.15, 0.2) is 48.5 Å². The number of ether oxygens (including phenoxy) is 2. The maximum atomic E-state index is 12.9. The molecule has 7 heteroatoms. The van der Waals surface area contributed by atoms with E-state index in [-0.39, 0.29) is 11.8 Å². The van der Waals surface area contributed by atoms with Gasteiger partial charge in [-0.25, -0.2) is 0 Å². The predicted molar refractivity (Wildman–Crippen MR) is 114 cm³/mol. The zero-order valence-electron chi connectivity index (χ0n) is 17.2. The van der Waals surface area contributed by atoms with Crippen LogP contribution in [0.25, 0.3) is 10.9 Å². The number of carbonyl (C=O) groups excluding carboxylic acids is 2. The highest BCUT2D eigenvalue weighted by atomic mass is 16.5. The van der Waals surface area contributed by atoms with E-state index in [1.165, 1.54) is 0 Å². The van der Waals surface area contributed by atoms with Crippen molar-refractivity contribution in [1.29, 1.82) is 0 Å². The lowest BCUT2D eigenvalue weighted by Crippen LogP contribution is -2.51. The average molecular weight is 407 g/mol. The van der Waals surface area contributed by atoms with Gasteiger partial charge in [0, 0.05) is 37.1 Å². The molecule has 4 rings (SSSR count). The molecule has 1 N–H and O–H groups in total. The summed E-state index contributed by atoms with van der Waals surface area (Å²) in [6.07, 6.45) is 0.328. The fourth-order valence-corrected chi connectivity index (χ4v) is 3.75. The maximum Gasteiger partial charge on any atom is 0.270 e. The Balaban J connectivity index is 1.36. The van der Waals surface area contributed by atoms with E-state index in [0.29, 0.717) is 38.3 Å². The summed E-state index contributed by atoms with van der Waals surface area (Å²) in [6.45, 7) is 2.09. The highest BCUT2D eigenvalue weighted by Gasteiger charge is 2.25. The largest absolute Gasteiger partial charge is 0.497 e. The van der Waals surface area contributed by atoms with Crippen LogP contribution in [0.3, 0.4) is 0 Å². The van der Waals surface area contributed by atoms with Gasteiger partial charge in [-0.15, -0.1) is 0 Å². The lowest BCUT2D eigenvalue weighted by molar-refractivity contribution is -0.131. The molecule has 2 heterocycles. The van der Waals surface area contributed by atoms with Crippen molar-refractivity contribution in [3.8, 4) is 11.5 Å². The third-order valence-corrected chi connectivity index (χ3v) is 5.47. The molecule has 1 saturated heterocycles. The summed E-state index contributed by atoms with van der Waals surface area (Å²) < 4.78 is 10.5. The number of nitrogens with zero attached hydrogens (tertiary/aromatic N) is 2. The van der Waals surface area contributed by atoms with Crippen molar-refractivity contribution in [3.05, 3.63) is 59.8 Å². The molecule has 2 aromatic carbocycles. The van der Waals surface area contributed by atoms with Crippen LogP contribution in [0.5, 0.6) is 11.5 Å². The Morgan fingerprint density at radius 2 is 1.60 bits per heavy atom. The van der Waals surface area contributed by atoms with Gasteiger partial charge in [0.15, 0.2) is 0 Å². The average Bonchev–Trinajstić information content (AvgIpc) is 3.22. The van der Waals surface area contributed by atoms with Crippen LogP contribution < -0.4 is 9.47 Å². The number of hydrogen-bond acceptors (Lipinski definition) is 4. The number of H-pyrrole nitrogens is 1. The normalized spacial score (nSPS) is 14.1. The van der Waals surface area contributed by atoms with E-state index in [1.54, 1.807) is 19.1 Å². The molecular weight excluding hydrogens is 382 g/mol. The summed E-state index contributed by atoms with van der Waals surface area (Å²) in [7, 11) is 3.23. The molecule has 156 valence electrons. The second-order valence-corrected chi connectivity index (χ2v) is 7.34. The number of rotatable bonds is 5. The molecule has 0 atom stereocenters. The Hall–Kier alpha value is -3.48. The summed E-state index contributed by atoms with van der Waals surface area (Å²) >= 11 is 0. The lowest BCUT2D eigenvalue weighted by Gasteiger charge is -2.34. The molecule has 7 nitrogen and oxygen atoms in total. The third kappa shape index (κ3) is 4.10. The molecule has 0 unspecified atom stereocenters. The van der Waals surface area contributed by atoms with Crippen LogP contribution in [0.1, 0.15) is 16.1 Å². The van der Waals surface area contributed by atoms with E-state index in [2.05, 4.69) is 4.98 Å². The Bertz CT molecular complexity index is 1070. The SMILES string of the molecule is COc1cccc(CC(=O)N2CCN(C(=O)c3cc4cc(OC)ccc4[nH]3)CC2)c1. The quantitative estimate of drug-likeness (QED) is 0.706. The molecule has 0 bridgehead atoms. The van der Waals surface area contributed by atoms with Crippen LogP contribution in [0.2, 0.25) is 0 Å². The van der Waals surface area contributed by atoms with Crippen LogP contribution >= 0.6 is 0 Å². The van der Waals surface area contributed by atoms with Gasteiger partial charge >= 0.3 is 0 Å². The summed E-state index contributed by atoms with van der Waals surface area (Å²) in [6, 6.07) is 15.1. The van der Waals surface area contributed by atoms with E-state index in [0.717, 1.165) is 28.0 Å². The minimum Gasteiger partial charge on any atom is -0.497 e. The van der Waals surface area contributed by atoms with Crippen molar-refractivity contribution in [3.63, 3.8) is 0 Å². The molecular formula is C23H25N3O4. The summed E-state index contributed by atoms with van der Waals surface area (Å²) in [5.41, 5.74) is 2.37. The molecule has 2 amide bonds. The predicted octanol–water partition coefficient (Wildman–Crippen LogP) is 2.71. The van der Waals surface area contributed by atoms with Crippen molar-refractivity contribution >= 4 is 22.7 Å². The monoisotopic (exact) mass is 407 g/mol. The molecule has 1 aliphatic rings. The number of hydrogen-bond donors (Lipinski definition) is 1. The zero-order chi connectivity index (χ0) is 21.1. The molecule has 0 aliphatic carbocycles. The fourth-order valence-electron chi connectivity index (χ4n) is 3.75. The summed E-state index contributed by atoms with van der Waals surface area (Å²) in [5.74, 6) is 1.51.